The molecule has 11 nitrogen and oxygen atoms in total. The first-order valence-corrected chi connectivity index (χ1v) is 40.0. The van der Waals surface area contributed by atoms with Gasteiger partial charge in [0, 0.05) is 6.42 Å². The molecule has 0 radical (unpaired) electrons. The molecule has 6 N–H and O–H groups in total. The third-order valence-corrected chi connectivity index (χ3v) is 19.4. The second-order valence-electron chi connectivity index (χ2n) is 28.2. The Morgan fingerprint density at radius 3 is 1.04 bits per heavy atom. The van der Waals surface area contributed by atoms with Crippen LogP contribution >= 0.6 is 0 Å². The van der Waals surface area contributed by atoms with Crippen molar-refractivity contribution in [3.63, 3.8) is 0 Å². The predicted octanol–water partition coefficient (Wildman–Crippen LogP) is 21.4. The normalized spacial score (nSPS) is 18.0. The Balaban J connectivity index is 2.48. The average molecular weight is 1280 g/mol. The number of hydrogen-bond acceptors (Lipinski definition) is 10. The molecule has 8 atom stereocenters. The van der Waals surface area contributed by atoms with E-state index in [0.717, 1.165) is 57.8 Å². The first-order valence-electron chi connectivity index (χ1n) is 40.0. The second kappa shape index (κ2) is 67.4. The van der Waals surface area contributed by atoms with Crippen LogP contribution in [0.25, 0.3) is 0 Å². The van der Waals surface area contributed by atoms with E-state index in [9.17, 15) is 35.1 Å². The SMILES string of the molecule is CCCCCCCCCCCC/C=C/C(O)C(COC1OC(CO)C(O)C(O)C1OC(=O)CCCCCCCCCCCCCCCCCCCCCCCCC)NC(=O)C(O)CCCCCCCCCCCCCCCCCCCCCCCCCCCC. The molecule has 11 heteroatoms. The van der Waals surface area contributed by atoms with Crippen LogP contribution in [-0.2, 0) is 23.8 Å². The molecule has 0 aromatic heterocycles. The molecule has 0 saturated carbocycles. The van der Waals surface area contributed by atoms with Crippen molar-refractivity contribution in [3.05, 3.63) is 12.2 Å². The zero-order valence-corrected chi connectivity index (χ0v) is 59.8. The monoisotopic (exact) mass is 1280 g/mol. The van der Waals surface area contributed by atoms with E-state index < -0.39 is 67.4 Å². The lowest BCUT2D eigenvalue weighted by Gasteiger charge is -2.41. The molecule has 1 fully saturated rings. The Labute approximate surface area is 557 Å². The number of nitrogens with one attached hydrogen (secondary N) is 1. The van der Waals surface area contributed by atoms with Gasteiger partial charge in [0.2, 0.25) is 5.91 Å². The maximum absolute atomic E-state index is 13.5. The first-order chi connectivity index (χ1) is 44.2. The fourth-order valence-electron chi connectivity index (χ4n) is 13.2. The molecule has 0 aromatic carbocycles. The van der Waals surface area contributed by atoms with Gasteiger partial charge in [-0.2, -0.15) is 0 Å². The number of aliphatic hydroxyl groups excluding tert-OH is 5. The quantitative estimate of drug-likeness (QED) is 0.0195. The van der Waals surface area contributed by atoms with Gasteiger partial charge in [-0.3, -0.25) is 9.59 Å². The van der Waals surface area contributed by atoms with Crippen molar-refractivity contribution >= 4 is 11.9 Å². The smallest absolute Gasteiger partial charge is 0.306 e. The summed E-state index contributed by atoms with van der Waals surface area (Å²) < 4.78 is 17.8. The Morgan fingerprint density at radius 2 is 0.722 bits per heavy atom. The van der Waals surface area contributed by atoms with Gasteiger partial charge in [-0.15, -0.1) is 0 Å². The summed E-state index contributed by atoms with van der Waals surface area (Å²) in [5.41, 5.74) is 0. The minimum Gasteiger partial charge on any atom is -0.454 e. The number of esters is 1. The van der Waals surface area contributed by atoms with Crippen LogP contribution in [0, 0.1) is 0 Å². The van der Waals surface area contributed by atoms with Crippen LogP contribution in [0.2, 0.25) is 0 Å². The summed E-state index contributed by atoms with van der Waals surface area (Å²) in [4.78, 5) is 26.8. The Morgan fingerprint density at radius 1 is 0.422 bits per heavy atom. The van der Waals surface area contributed by atoms with Gasteiger partial charge in [0.1, 0.15) is 24.4 Å². The van der Waals surface area contributed by atoms with Crippen LogP contribution in [0.4, 0.5) is 0 Å². The van der Waals surface area contributed by atoms with Crippen LogP contribution in [0.1, 0.15) is 419 Å². The molecule has 0 aromatic rings. The lowest BCUT2D eigenvalue weighted by atomic mass is 9.99. The zero-order chi connectivity index (χ0) is 65.3. The van der Waals surface area contributed by atoms with Gasteiger partial charge < -0.3 is 45.1 Å². The Kier molecular flexibility index (Phi) is 64.7. The number of carbonyl (C=O) groups is 2. The van der Waals surface area contributed by atoms with Crippen LogP contribution in [0.5, 0.6) is 0 Å². The molecule has 534 valence electrons. The van der Waals surface area contributed by atoms with Crippen LogP contribution < -0.4 is 5.32 Å². The molecule has 90 heavy (non-hydrogen) atoms. The summed E-state index contributed by atoms with van der Waals surface area (Å²) in [6, 6.07) is -1.02. The number of amides is 1. The van der Waals surface area contributed by atoms with Crippen molar-refractivity contribution in [2.75, 3.05) is 13.2 Å². The number of aliphatic hydroxyl groups is 5. The van der Waals surface area contributed by atoms with Crippen LogP contribution in [0.15, 0.2) is 12.2 Å². The van der Waals surface area contributed by atoms with Gasteiger partial charge in [0.05, 0.1) is 25.4 Å². The molecule has 8 unspecified atom stereocenters. The van der Waals surface area contributed by atoms with Gasteiger partial charge in [0.25, 0.3) is 0 Å². The predicted molar refractivity (Wildman–Crippen MR) is 380 cm³/mol. The molecule has 1 heterocycles. The van der Waals surface area contributed by atoms with Gasteiger partial charge in [-0.05, 0) is 25.7 Å². The molecule has 0 spiro atoms. The summed E-state index contributed by atoms with van der Waals surface area (Å²) in [5.74, 6) is -1.17. The standard InChI is InChI=1S/C79H153NO10/c1-4-7-10-13-16-19-22-25-27-29-31-33-35-36-37-39-40-42-44-46-48-51-54-57-60-63-66-72(83)78(87)80-70(71(82)65-62-59-56-53-50-24-21-18-15-12-9-6-3)69-88-79-77(76(86)75(85)73(68-81)89-79)90-74(84)67-64-61-58-55-52-49-47-45-43-41-38-34-32-30-28-26-23-20-17-14-11-8-5-2/h62,65,70-73,75-77,79,81-83,85-86H,4-61,63-64,66-69H2,1-3H3,(H,80,87)/b65-62+. The lowest BCUT2D eigenvalue weighted by molar-refractivity contribution is -0.305. The molecular weight excluding hydrogens is 1120 g/mol. The second-order valence-corrected chi connectivity index (χ2v) is 28.2. The summed E-state index contributed by atoms with van der Waals surface area (Å²) in [6.45, 7) is 5.88. The topological polar surface area (TPSA) is 175 Å². The fraction of sp³-hybridized carbons (Fsp3) is 0.949. The number of hydrogen-bond donors (Lipinski definition) is 6. The van der Waals surface area contributed by atoms with Gasteiger partial charge in [-0.1, -0.05) is 399 Å². The number of carbonyl (C=O) groups excluding carboxylic acids is 2. The summed E-state index contributed by atoms with van der Waals surface area (Å²) >= 11 is 0. The molecule has 1 saturated heterocycles. The molecule has 0 aliphatic carbocycles. The van der Waals surface area contributed by atoms with Crippen molar-refractivity contribution in [2.45, 2.75) is 468 Å². The molecule has 1 aliphatic heterocycles. The molecule has 1 aliphatic rings. The lowest BCUT2D eigenvalue weighted by Crippen LogP contribution is -2.61. The maximum Gasteiger partial charge on any atom is 0.306 e. The highest BCUT2D eigenvalue weighted by Gasteiger charge is 2.47. The summed E-state index contributed by atoms with van der Waals surface area (Å²) in [5, 5.41) is 57.4. The van der Waals surface area contributed by atoms with E-state index in [1.165, 1.54) is 315 Å². The van der Waals surface area contributed by atoms with Gasteiger partial charge in [-0.25, -0.2) is 0 Å². The third kappa shape index (κ3) is 53.6. The molecular formula is C79H153NO10. The Bertz CT molecular complexity index is 1520. The molecule has 0 bridgehead atoms. The van der Waals surface area contributed by atoms with Crippen molar-refractivity contribution < 1.29 is 49.3 Å². The molecule has 1 rings (SSSR count). The number of ether oxygens (including phenoxy) is 3. The van der Waals surface area contributed by atoms with Gasteiger partial charge in [0.15, 0.2) is 12.4 Å². The highest BCUT2D eigenvalue weighted by atomic mass is 16.7. The minimum absolute atomic E-state index is 0.132. The highest BCUT2D eigenvalue weighted by Crippen LogP contribution is 2.27. The summed E-state index contributed by atoms with van der Waals surface area (Å²) in [6.07, 6.45) is 71.4. The highest BCUT2D eigenvalue weighted by molar-refractivity contribution is 5.80. The number of allylic oxidation sites excluding steroid dienone is 1. The van der Waals surface area contributed by atoms with E-state index in [1.54, 1.807) is 6.08 Å². The van der Waals surface area contributed by atoms with Crippen LogP contribution in [0.3, 0.4) is 0 Å². The van der Waals surface area contributed by atoms with E-state index in [1.807, 2.05) is 6.08 Å². The van der Waals surface area contributed by atoms with E-state index in [-0.39, 0.29) is 13.0 Å². The third-order valence-electron chi connectivity index (χ3n) is 19.4. The minimum atomic E-state index is -1.61. The van der Waals surface area contributed by atoms with E-state index in [0.29, 0.717) is 19.3 Å². The Hall–Kier alpha value is -1.60. The largest absolute Gasteiger partial charge is 0.454 e. The van der Waals surface area contributed by atoms with E-state index in [4.69, 9.17) is 14.2 Å². The zero-order valence-electron chi connectivity index (χ0n) is 59.8. The van der Waals surface area contributed by atoms with Gasteiger partial charge >= 0.3 is 5.97 Å². The maximum atomic E-state index is 13.5. The molecule has 1 amide bonds. The van der Waals surface area contributed by atoms with Crippen molar-refractivity contribution in [1.29, 1.82) is 0 Å². The van der Waals surface area contributed by atoms with E-state index >= 15 is 0 Å². The summed E-state index contributed by atoms with van der Waals surface area (Å²) in [7, 11) is 0. The number of unbranched alkanes of at least 4 members (excludes halogenated alkanes) is 57. The number of rotatable bonds is 71. The van der Waals surface area contributed by atoms with Crippen molar-refractivity contribution in [3.8, 4) is 0 Å². The van der Waals surface area contributed by atoms with E-state index in [2.05, 4.69) is 26.1 Å². The first kappa shape index (κ1) is 86.4. The average Bonchev–Trinajstić information content (AvgIpc) is 1.75. The van der Waals surface area contributed by atoms with Crippen molar-refractivity contribution in [2.24, 2.45) is 0 Å². The van der Waals surface area contributed by atoms with Crippen LogP contribution in [-0.4, -0.2) is 99.6 Å². The fourth-order valence-corrected chi connectivity index (χ4v) is 13.2. The van der Waals surface area contributed by atoms with Crippen molar-refractivity contribution in [1.82, 2.24) is 5.32 Å².